The van der Waals surface area contributed by atoms with Crippen molar-refractivity contribution in [1.29, 1.82) is 5.26 Å². The minimum absolute atomic E-state index is 0.0854. The van der Waals surface area contributed by atoms with Gasteiger partial charge in [-0.3, -0.25) is 4.79 Å². The van der Waals surface area contributed by atoms with Crippen LogP contribution in [0.4, 0.5) is 5.00 Å². The van der Waals surface area contributed by atoms with Gasteiger partial charge in [0.1, 0.15) is 11.1 Å². The fourth-order valence-electron chi connectivity index (χ4n) is 3.53. The molecule has 8 heteroatoms. The standard InChI is InChI=1S/C20H21N3O3S2/c1-23(14-8-9-14)28(25,26)15-10-6-13(7-11-15)19(24)22-20-17(12-21)16-4-2-3-5-18(16)27-20/h6-7,10-11,14H,2-5,8-9H2,1H3,(H,22,24). The number of sulfonamides is 1. The first-order valence-corrected chi connectivity index (χ1v) is 11.6. The monoisotopic (exact) mass is 415 g/mol. The molecule has 0 spiro atoms. The number of aryl methyl sites for hydroxylation is 1. The van der Waals surface area contributed by atoms with E-state index in [9.17, 15) is 18.5 Å². The molecule has 2 aromatic rings. The largest absolute Gasteiger partial charge is 0.312 e. The highest BCUT2D eigenvalue weighted by atomic mass is 32.2. The van der Waals surface area contributed by atoms with Gasteiger partial charge in [0.2, 0.25) is 10.0 Å². The minimum atomic E-state index is -3.53. The van der Waals surface area contributed by atoms with Gasteiger partial charge < -0.3 is 5.32 Å². The van der Waals surface area contributed by atoms with Gasteiger partial charge in [0.15, 0.2) is 0 Å². The van der Waals surface area contributed by atoms with Crippen LogP contribution < -0.4 is 5.32 Å². The second-order valence-corrected chi connectivity index (χ2v) is 10.4. The maximum atomic E-state index is 12.6. The molecule has 0 saturated heterocycles. The number of fused-ring (bicyclic) bond motifs is 1. The lowest BCUT2D eigenvalue weighted by Gasteiger charge is -2.16. The molecule has 0 radical (unpaired) electrons. The summed E-state index contributed by atoms with van der Waals surface area (Å²) in [4.78, 5) is 14.0. The maximum Gasteiger partial charge on any atom is 0.256 e. The fourth-order valence-corrected chi connectivity index (χ4v) is 6.18. The van der Waals surface area contributed by atoms with Crippen LogP contribution in [0.5, 0.6) is 0 Å². The summed E-state index contributed by atoms with van der Waals surface area (Å²) in [5.74, 6) is -0.338. The molecule has 2 aliphatic carbocycles. The van der Waals surface area contributed by atoms with Crippen LogP contribution in [0.3, 0.4) is 0 Å². The Hall–Kier alpha value is -2.21. The number of hydrogen-bond donors (Lipinski definition) is 1. The quantitative estimate of drug-likeness (QED) is 0.809. The molecule has 1 amide bonds. The summed E-state index contributed by atoms with van der Waals surface area (Å²) in [5.41, 5.74) is 2.00. The summed E-state index contributed by atoms with van der Waals surface area (Å²) in [6, 6.07) is 8.28. The van der Waals surface area contributed by atoms with Gasteiger partial charge in [0.25, 0.3) is 5.91 Å². The Kier molecular flexibility index (Phi) is 5.00. The number of carbonyl (C=O) groups is 1. The van der Waals surface area contributed by atoms with Gasteiger partial charge in [-0.2, -0.15) is 9.57 Å². The average molecular weight is 416 g/mol. The van der Waals surface area contributed by atoms with E-state index in [4.69, 9.17) is 0 Å². The van der Waals surface area contributed by atoms with E-state index in [1.54, 1.807) is 7.05 Å². The molecule has 1 saturated carbocycles. The van der Waals surface area contributed by atoms with Crippen molar-refractivity contribution in [2.75, 3.05) is 12.4 Å². The Balaban J connectivity index is 1.53. The Morgan fingerprint density at radius 3 is 2.54 bits per heavy atom. The Labute approximate surface area is 168 Å². The number of rotatable bonds is 5. The summed E-state index contributed by atoms with van der Waals surface area (Å²) in [7, 11) is -1.94. The molecule has 28 heavy (non-hydrogen) atoms. The third kappa shape index (κ3) is 3.46. The van der Waals surface area contributed by atoms with Crippen molar-refractivity contribution in [1.82, 2.24) is 4.31 Å². The first-order chi connectivity index (χ1) is 13.4. The lowest BCUT2D eigenvalue weighted by molar-refractivity contribution is 0.102. The second-order valence-electron chi connectivity index (χ2n) is 7.26. The topological polar surface area (TPSA) is 90.3 Å². The van der Waals surface area contributed by atoms with Crippen LogP contribution in [-0.2, 0) is 22.9 Å². The maximum absolute atomic E-state index is 12.6. The predicted octanol–water partition coefficient (Wildman–Crippen LogP) is 3.53. The SMILES string of the molecule is CN(C1CC1)S(=O)(=O)c1ccc(C(=O)Nc2sc3c(c2C#N)CCCC3)cc1. The van der Waals surface area contributed by atoms with Gasteiger partial charge in [-0.05, 0) is 68.4 Å². The molecule has 1 aromatic heterocycles. The van der Waals surface area contributed by atoms with Gasteiger partial charge in [0, 0.05) is 23.5 Å². The average Bonchev–Trinajstić information content (AvgIpc) is 3.49. The number of nitrogens with one attached hydrogen (secondary N) is 1. The number of hydrogen-bond acceptors (Lipinski definition) is 5. The summed E-state index contributed by atoms with van der Waals surface area (Å²) < 4.78 is 26.5. The van der Waals surface area contributed by atoms with Crippen LogP contribution in [0.25, 0.3) is 0 Å². The first kappa shape index (κ1) is 19.1. The van der Waals surface area contributed by atoms with E-state index in [2.05, 4.69) is 11.4 Å². The molecular weight excluding hydrogens is 394 g/mol. The lowest BCUT2D eigenvalue weighted by Crippen LogP contribution is -2.29. The highest BCUT2D eigenvalue weighted by Gasteiger charge is 2.35. The van der Waals surface area contributed by atoms with E-state index in [0.717, 1.165) is 44.1 Å². The van der Waals surface area contributed by atoms with Crippen LogP contribution in [0.15, 0.2) is 29.2 Å². The van der Waals surface area contributed by atoms with Crippen molar-refractivity contribution >= 4 is 32.3 Å². The van der Waals surface area contributed by atoms with Crippen molar-refractivity contribution in [3.63, 3.8) is 0 Å². The molecule has 2 aliphatic rings. The first-order valence-electron chi connectivity index (χ1n) is 9.36. The van der Waals surface area contributed by atoms with Gasteiger partial charge >= 0.3 is 0 Å². The third-order valence-electron chi connectivity index (χ3n) is 5.36. The predicted molar refractivity (Wildman–Crippen MR) is 108 cm³/mol. The number of benzene rings is 1. The van der Waals surface area contributed by atoms with Gasteiger partial charge in [-0.25, -0.2) is 8.42 Å². The van der Waals surface area contributed by atoms with Crippen LogP contribution in [-0.4, -0.2) is 31.7 Å². The lowest BCUT2D eigenvalue weighted by atomic mass is 9.96. The molecule has 1 fully saturated rings. The molecule has 1 heterocycles. The highest BCUT2D eigenvalue weighted by Crippen LogP contribution is 2.38. The van der Waals surface area contributed by atoms with E-state index in [1.807, 2.05) is 0 Å². The van der Waals surface area contributed by atoms with Crippen molar-refractivity contribution in [3.05, 3.63) is 45.8 Å². The Morgan fingerprint density at radius 1 is 1.21 bits per heavy atom. The molecule has 6 nitrogen and oxygen atoms in total. The summed E-state index contributed by atoms with van der Waals surface area (Å²) >= 11 is 1.47. The van der Waals surface area contributed by atoms with E-state index in [1.165, 1.54) is 44.8 Å². The molecule has 0 bridgehead atoms. The number of carbonyl (C=O) groups excluding carboxylic acids is 1. The van der Waals surface area contributed by atoms with E-state index < -0.39 is 10.0 Å². The van der Waals surface area contributed by atoms with E-state index in [0.29, 0.717) is 16.1 Å². The zero-order chi connectivity index (χ0) is 19.9. The van der Waals surface area contributed by atoms with Gasteiger partial charge in [0.05, 0.1) is 10.5 Å². The van der Waals surface area contributed by atoms with Crippen molar-refractivity contribution in [2.24, 2.45) is 0 Å². The number of nitrogens with zero attached hydrogens (tertiary/aromatic N) is 2. The number of anilines is 1. The minimum Gasteiger partial charge on any atom is -0.312 e. The number of nitriles is 1. The zero-order valence-electron chi connectivity index (χ0n) is 15.6. The van der Waals surface area contributed by atoms with Crippen LogP contribution in [0, 0.1) is 11.3 Å². The van der Waals surface area contributed by atoms with Crippen LogP contribution >= 0.6 is 11.3 Å². The van der Waals surface area contributed by atoms with Gasteiger partial charge in [-0.15, -0.1) is 11.3 Å². The van der Waals surface area contributed by atoms with Crippen LogP contribution in [0.1, 0.15) is 52.0 Å². The molecule has 1 aromatic carbocycles. The highest BCUT2D eigenvalue weighted by molar-refractivity contribution is 7.89. The number of amides is 1. The van der Waals surface area contributed by atoms with E-state index in [-0.39, 0.29) is 16.8 Å². The third-order valence-corrected chi connectivity index (χ3v) is 8.50. The molecule has 4 rings (SSSR count). The van der Waals surface area contributed by atoms with Crippen molar-refractivity contribution < 1.29 is 13.2 Å². The van der Waals surface area contributed by atoms with Crippen molar-refractivity contribution in [2.45, 2.75) is 49.5 Å². The molecule has 0 unspecified atom stereocenters. The summed E-state index contributed by atoms with van der Waals surface area (Å²) in [6.45, 7) is 0. The number of thiophene rings is 1. The second kappa shape index (κ2) is 7.32. The zero-order valence-corrected chi connectivity index (χ0v) is 17.2. The smallest absolute Gasteiger partial charge is 0.256 e. The van der Waals surface area contributed by atoms with E-state index >= 15 is 0 Å². The molecule has 0 aliphatic heterocycles. The Bertz CT molecular complexity index is 1060. The molecule has 146 valence electrons. The molecule has 1 N–H and O–H groups in total. The fraction of sp³-hybridized carbons (Fsp3) is 0.400. The normalized spacial score (nSPS) is 16.5. The van der Waals surface area contributed by atoms with Crippen LogP contribution in [0.2, 0.25) is 0 Å². The van der Waals surface area contributed by atoms with Gasteiger partial charge in [-0.1, -0.05) is 0 Å². The Morgan fingerprint density at radius 2 is 1.89 bits per heavy atom. The summed E-state index contributed by atoms with van der Waals surface area (Å²) in [6.07, 6.45) is 5.79. The molecular formula is C20H21N3O3S2. The summed E-state index contributed by atoms with van der Waals surface area (Å²) in [5, 5.41) is 12.9. The van der Waals surface area contributed by atoms with Crippen molar-refractivity contribution in [3.8, 4) is 6.07 Å². The molecule has 0 atom stereocenters.